The maximum atomic E-state index is 5.55. The molecule has 0 unspecified atom stereocenters. The van der Waals surface area contributed by atoms with Gasteiger partial charge in [-0.25, -0.2) is 0 Å². The molecule has 0 saturated carbocycles. The highest BCUT2D eigenvalue weighted by atomic mass is 15.3. The van der Waals surface area contributed by atoms with Gasteiger partial charge in [0.15, 0.2) is 0 Å². The van der Waals surface area contributed by atoms with Gasteiger partial charge in [-0.05, 0) is 26.0 Å². The second kappa shape index (κ2) is 3.76. The Kier molecular flexibility index (Phi) is 2.45. The molecule has 2 rings (SSSR count). The minimum absolute atomic E-state index is 0.550. The van der Waals surface area contributed by atoms with Crippen LogP contribution < -0.4 is 5.73 Å². The van der Waals surface area contributed by atoms with E-state index in [1.54, 1.807) is 6.07 Å². The van der Waals surface area contributed by atoms with E-state index in [0.29, 0.717) is 12.4 Å². The first-order chi connectivity index (χ1) is 7.19. The van der Waals surface area contributed by atoms with Crippen molar-refractivity contribution in [1.29, 1.82) is 0 Å². The molecule has 0 aliphatic carbocycles. The third kappa shape index (κ3) is 2.01. The number of nitrogens with zero attached hydrogens (tertiary/aromatic N) is 4. The van der Waals surface area contributed by atoms with Crippen LogP contribution in [0.3, 0.4) is 0 Å². The Labute approximate surface area is 88.5 Å². The van der Waals surface area contributed by atoms with Crippen molar-refractivity contribution in [1.82, 2.24) is 19.6 Å². The third-order valence-corrected chi connectivity index (χ3v) is 2.27. The van der Waals surface area contributed by atoms with Crippen molar-refractivity contribution in [2.45, 2.75) is 26.9 Å². The lowest BCUT2D eigenvalue weighted by Crippen LogP contribution is -2.08. The van der Waals surface area contributed by atoms with Gasteiger partial charge < -0.3 is 5.73 Å². The third-order valence-electron chi connectivity index (χ3n) is 2.27. The van der Waals surface area contributed by atoms with Crippen LogP contribution >= 0.6 is 0 Å². The molecule has 15 heavy (non-hydrogen) atoms. The Bertz CT molecular complexity index is 454. The lowest BCUT2D eigenvalue weighted by Gasteiger charge is -2.04. The van der Waals surface area contributed by atoms with Crippen LogP contribution in [0.15, 0.2) is 18.3 Å². The molecule has 0 radical (unpaired) electrons. The fraction of sp³-hybridized carbons (Fsp3) is 0.400. The molecule has 0 aliphatic rings. The van der Waals surface area contributed by atoms with Crippen molar-refractivity contribution in [3.05, 3.63) is 29.7 Å². The first kappa shape index (κ1) is 9.76. The molecule has 0 amide bonds. The molecule has 0 saturated heterocycles. The summed E-state index contributed by atoms with van der Waals surface area (Å²) >= 11 is 0. The largest absolute Gasteiger partial charge is 0.382 e. The predicted octanol–water partition coefficient (Wildman–Crippen LogP) is 1.04. The minimum Gasteiger partial charge on any atom is -0.382 e. The predicted molar refractivity (Wildman–Crippen MR) is 58.4 cm³/mol. The van der Waals surface area contributed by atoms with Gasteiger partial charge in [0.2, 0.25) is 0 Å². The average Bonchev–Trinajstić information content (AvgIpc) is 2.73. The summed E-state index contributed by atoms with van der Waals surface area (Å²) in [6.07, 6.45) is 1.87. The molecule has 2 heterocycles. The van der Waals surface area contributed by atoms with Gasteiger partial charge in [0.05, 0.1) is 17.9 Å². The molecule has 0 bridgehead atoms. The number of hydrogen-bond acceptors (Lipinski definition) is 3. The molecule has 0 atom stereocenters. The Hall–Kier alpha value is -1.78. The summed E-state index contributed by atoms with van der Waals surface area (Å²) < 4.78 is 3.80. The van der Waals surface area contributed by atoms with E-state index < -0.39 is 0 Å². The van der Waals surface area contributed by atoms with E-state index in [-0.39, 0.29) is 0 Å². The number of aryl methyl sites for hydroxylation is 2. The molecule has 5 heteroatoms. The molecule has 2 aromatic heterocycles. The zero-order chi connectivity index (χ0) is 10.8. The number of nitrogens with two attached hydrogens (primary N) is 1. The van der Waals surface area contributed by atoms with Gasteiger partial charge in [-0.3, -0.25) is 9.36 Å². The molecular weight excluding hydrogens is 190 g/mol. The normalized spacial score (nSPS) is 10.8. The van der Waals surface area contributed by atoms with Crippen LogP contribution in [0.25, 0.3) is 0 Å². The van der Waals surface area contributed by atoms with E-state index in [4.69, 9.17) is 5.73 Å². The fourth-order valence-electron chi connectivity index (χ4n) is 1.63. The Morgan fingerprint density at radius 2 is 2.20 bits per heavy atom. The zero-order valence-corrected chi connectivity index (χ0v) is 9.01. The summed E-state index contributed by atoms with van der Waals surface area (Å²) in [6, 6.07) is 3.86. The van der Waals surface area contributed by atoms with Crippen molar-refractivity contribution >= 4 is 5.82 Å². The quantitative estimate of drug-likeness (QED) is 0.814. The van der Waals surface area contributed by atoms with Gasteiger partial charge in [-0.2, -0.15) is 10.2 Å². The number of anilines is 1. The second-order valence-corrected chi connectivity index (χ2v) is 3.53. The van der Waals surface area contributed by atoms with Gasteiger partial charge in [-0.1, -0.05) is 0 Å². The van der Waals surface area contributed by atoms with Crippen molar-refractivity contribution in [2.24, 2.45) is 0 Å². The van der Waals surface area contributed by atoms with Crippen molar-refractivity contribution in [2.75, 3.05) is 5.73 Å². The first-order valence-electron chi connectivity index (χ1n) is 5.01. The molecule has 2 N–H and O–H groups in total. The van der Waals surface area contributed by atoms with E-state index in [1.165, 1.54) is 0 Å². The number of aromatic nitrogens is 4. The highest BCUT2D eigenvalue weighted by Crippen LogP contribution is 2.06. The van der Waals surface area contributed by atoms with Gasteiger partial charge in [0.25, 0.3) is 0 Å². The van der Waals surface area contributed by atoms with Gasteiger partial charge in [0.1, 0.15) is 5.82 Å². The molecule has 5 nitrogen and oxygen atoms in total. The Morgan fingerprint density at radius 1 is 1.40 bits per heavy atom. The fourth-order valence-corrected chi connectivity index (χ4v) is 1.63. The van der Waals surface area contributed by atoms with Crippen molar-refractivity contribution in [3.8, 4) is 0 Å². The highest BCUT2D eigenvalue weighted by Gasteiger charge is 2.05. The van der Waals surface area contributed by atoms with Crippen LogP contribution in [0.1, 0.15) is 18.3 Å². The summed E-state index contributed by atoms with van der Waals surface area (Å²) in [5.41, 5.74) is 7.74. The van der Waals surface area contributed by atoms with Gasteiger partial charge in [0, 0.05) is 12.7 Å². The van der Waals surface area contributed by atoms with Crippen LogP contribution in [0.2, 0.25) is 0 Å². The molecular formula is C10H15N5. The van der Waals surface area contributed by atoms with Crippen LogP contribution in [0.5, 0.6) is 0 Å². The standard InChI is InChI=1S/C10H15N5/c1-3-15-9(6-8(2)12-15)7-14-5-4-10(11)13-14/h4-6H,3,7H2,1-2H3,(H2,11,13). The minimum atomic E-state index is 0.550. The van der Waals surface area contributed by atoms with Crippen LogP contribution in [-0.4, -0.2) is 19.6 Å². The number of nitrogen functional groups attached to an aromatic ring is 1. The molecule has 2 aromatic rings. The first-order valence-corrected chi connectivity index (χ1v) is 5.01. The molecule has 0 aromatic carbocycles. The van der Waals surface area contributed by atoms with E-state index in [9.17, 15) is 0 Å². The lowest BCUT2D eigenvalue weighted by atomic mass is 10.3. The molecule has 80 valence electrons. The van der Waals surface area contributed by atoms with E-state index in [0.717, 1.165) is 17.9 Å². The average molecular weight is 205 g/mol. The Balaban J connectivity index is 2.23. The van der Waals surface area contributed by atoms with E-state index in [1.807, 2.05) is 22.5 Å². The van der Waals surface area contributed by atoms with Crippen molar-refractivity contribution < 1.29 is 0 Å². The highest BCUT2D eigenvalue weighted by molar-refractivity contribution is 5.24. The van der Waals surface area contributed by atoms with Crippen LogP contribution in [0, 0.1) is 6.92 Å². The lowest BCUT2D eigenvalue weighted by molar-refractivity contribution is 0.576. The maximum absolute atomic E-state index is 5.55. The van der Waals surface area contributed by atoms with Gasteiger partial charge in [-0.15, -0.1) is 0 Å². The van der Waals surface area contributed by atoms with E-state index in [2.05, 4.69) is 23.2 Å². The topological polar surface area (TPSA) is 61.7 Å². The SMILES string of the molecule is CCn1nc(C)cc1Cn1ccc(N)n1. The molecule has 0 aliphatic heterocycles. The number of rotatable bonds is 3. The van der Waals surface area contributed by atoms with Crippen LogP contribution in [-0.2, 0) is 13.1 Å². The van der Waals surface area contributed by atoms with Gasteiger partial charge >= 0.3 is 0 Å². The zero-order valence-electron chi connectivity index (χ0n) is 9.01. The summed E-state index contributed by atoms with van der Waals surface area (Å²) in [4.78, 5) is 0. The molecule has 0 spiro atoms. The monoisotopic (exact) mass is 205 g/mol. The second-order valence-electron chi connectivity index (χ2n) is 3.53. The maximum Gasteiger partial charge on any atom is 0.145 e. The summed E-state index contributed by atoms with van der Waals surface area (Å²) in [6.45, 7) is 5.66. The molecule has 0 fully saturated rings. The summed E-state index contributed by atoms with van der Waals surface area (Å²) in [5.74, 6) is 0.550. The van der Waals surface area contributed by atoms with E-state index >= 15 is 0 Å². The van der Waals surface area contributed by atoms with Crippen molar-refractivity contribution in [3.63, 3.8) is 0 Å². The summed E-state index contributed by atoms with van der Waals surface area (Å²) in [5, 5.41) is 8.52. The smallest absolute Gasteiger partial charge is 0.145 e. The van der Waals surface area contributed by atoms with Crippen LogP contribution in [0.4, 0.5) is 5.82 Å². The number of hydrogen-bond donors (Lipinski definition) is 1. The Morgan fingerprint density at radius 3 is 2.80 bits per heavy atom. The summed E-state index contributed by atoms with van der Waals surface area (Å²) in [7, 11) is 0.